The molecule has 1 fully saturated rings. The summed E-state index contributed by atoms with van der Waals surface area (Å²) in [6.07, 6.45) is 1.70. The zero-order valence-corrected chi connectivity index (χ0v) is 18.0. The summed E-state index contributed by atoms with van der Waals surface area (Å²) in [6.45, 7) is 2.53. The van der Waals surface area contributed by atoms with Gasteiger partial charge in [-0.2, -0.15) is 5.26 Å². The number of carbonyl (C=O) groups is 1. The van der Waals surface area contributed by atoms with Crippen molar-refractivity contribution in [2.75, 3.05) is 52.7 Å². The van der Waals surface area contributed by atoms with E-state index in [0.29, 0.717) is 24.1 Å². The molecule has 2 aromatic rings. The van der Waals surface area contributed by atoms with Crippen LogP contribution in [-0.4, -0.2) is 73.7 Å². The Morgan fingerprint density at radius 2 is 2.13 bits per heavy atom. The van der Waals surface area contributed by atoms with Gasteiger partial charge in [-0.05, 0) is 37.1 Å². The lowest BCUT2D eigenvalue weighted by atomic mass is 10.1. The van der Waals surface area contributed by atoms with Crippen LogP contribution in [-0.2, 0) is 4.79 Å². The first-order chi connectivity index (χ1) is 14.4. The van der Waals surface area contributed by atoms with Gasteiger partial charge in [0.15, 0.2) is 6.54 Å². The van der Waals surface area contributed by atoms with Gasteiger partial charge in [-0.15, -0.1) is 0 Å². The standard InChI is InChI=1S/C23H30N5O2/c1-28(2,17-23(29)27-13-6-8-19(27)16-24)14-12-25-22-11-5-10-21(26-22)18-7-4-9-20(15-18)30-3/h4-5,7,9-11,15,19H,6,8,12-14,17H2,1-3H3,(H,25,26)/q+1/t19-/m0/s1. The van der Waals surface area contributed by atoms with Crippen LogP contribution in [0.1, 0.15) is 12.8 Å². The van der Waals surface area contributed by atoms with Gasteiger partial charge in [-0.25, -0.2) is 4.98 Å². The van der Waals surface area contributed by atoms with E-state index in [1.54, 1.807) is 12.0 Å². The first kappa shape index (κ1) is 21.6. The highest BCUT2D eigenvalue weighted by Crippen LogP contribution is 2.23. The van der Waals surface area contributed by atoms with Gasteiger partial charge in [0, 0.05) is 12.1 Å². The number of hydrogen-bond acceptors (Lipinski definition) is 5. The zero-order valence-electron chi connectivity index (χ0n) is 18.0. The molecule has 0 aliphatic carbocycles. The summed E-state index contributed by atoms with van der Waals surface area (Å²) in [5.74, 6) is 1.65. The minimum atomic E-state index is -0.265. The number of rotatable bonds is 8. The number of hydrogen-bond donors (Lipinski definition) is 1. The van der Waals surface area contributed by atoms with Gasteiger partial charge in [0.1, 0.15) is 17.6 Å². The molecule has 1 aliphatic heterocycles. The van der Waals surface area contributed by atoms with Crippen molar-refractivity contribution in [3.05, 3.63) is 42.5 Å². The highest BCUT2D eigenvalue weighted by molar-refractivity contribution is 5.78. The van der Waals surface area contributed by atoms with E-state index in [1.807, 2.05) is 56.6 Å². The first-order valence-corrected chi connectivity index (χ1v) is 10.3. The number of carbonyl (C=O) groups excluding carboxylic acids is 1. The van der Waals surface area contributed by atoms with Crippen LogP contribution < -0.4 is 10.1 Å². The van der Waals surface area contributed by atoms with Crippen molar-refractivity contribution in [1.82, 2.24) is 9.88 Å². The minimum absolute atomic E-state index is 0.0576. The molecule has 158 valence electrons. The molecule has 1 aromatic carbocycles. The third-order valence-electron chi connectivity index (χ3n) is 5.42. The maximum absolute atomic E-state index is 12.6. The zero-order chi connectivity index (χ0) is 21.6. The van der Waals surface area contributed by atoms with Crippen LogP contribution in [0, 0.1) is 11.3 Å². The fourth-order valence-electron chi connectivity index (χ4n) is 3.70. The second-order valence-corrected chi connectivity index (χ2v) is 8.26. The predicted molar refractivity (Wildman–Crippen MR) is 117 cm³/mol. The van der Waals surface area contributed by atoms with Crippen LogP contribution in [0.5, 0.6) is 5.75 Å². The molecule has 0 radical (unpaired) electrons. The Balaban J connectivity index is 1.55. The molecule has 3 rings (SSSR count). The first-order valence-electron chi connectivity index (χ1n) is 10.3. The lowest BCUT2D eigenvalue weighted by Gasteiger charge is -2.31. The van der Waals surface area contributed by atoms with E-state index < -0.39 is 0 Å². The number of amides is 1. The second kappa shape index (κ2) is 9.59. The predicted octanol–water partition coefficient (Wildman–Crippen LogP) is 2.76. The number of methoxy groups -OCH3 is 1. The van der Waals surface area contributed by atoms with Crippen LogP contribution in [0.4, 0.5) is 5.82 Å². The van der Waals surface area contributed by atoms with Crippen LogP contribution >= 0.6 is 0 Å². The van der Waals surface area contributed by atoms with Crippen molar-refractivity contribution in [3.63, 3.8) is 0 Å². The Morgan fingerprint density at radius 3 is 2.90 bits per heavy atom. The van der Waals surface area contributed by atoms with E-state index in [9.17, 15) is 10.1 Å². The molecule has 1 amide bonds. The lowest BCUT2D eigenvalue weighted by molar-refractivity contribution is -0.881. The summed E-state index contributed by atoms with van der Waals surface area (Å²) in [4.78, 5) is 19.1. The van der Waals surface area contributed by atoms with Gasteiger partial charge >= 0.3 is 0 Å². The molecule has 1 atom stereocenters. The molecule has 2 heterocycles. The molecule has 7 heteroatoms. The number of likely N-dealkylation sites (tertiary alicyclic amines) is 1. The molecule has 0 spiro atoms. The quantitative estimate of drug-likeness (QED) is 0.680. The molecular formula is C23H30N5O2+. The van der Waals surface area contributed by atoms with Gasteiger partial charge in [-0.3, -0.25) is 4.79 Å². The maximum atomic E-state index is 12.6. The van der Waals surface area contributed by atoms with E-state index in [1.165, 1.54) is 0 Å². The van der Waals surface area contributed by atoms with E-state index in [0.717, 1.165) is 42.2 Å². The molecule has 1 saturated heterocycles. The normalized spacial score (nSPS) is 16.2. The Bertz CT molecular complexity index is 922. The van der Waals surface area contributed by atoms with E-state index in [4.69, 9.17) is 9.72 Å². The Labute approximate surface area is 178 Å². The van der Waals surface area contributed by atoms with Gasteiger partial charge in [-0.1, -0.05) is 18.2 Å². The van der Waals surface area contributed by atoms with Crippen molar-refractivity contribution in [3.8, 4) is 23.1 Å². The Kier molecular flexibility index (Phi) is 6.91. The van der Waals surface area contributed by atoms with E-state index in [2.05, 4.69) is 11.4 Å². The number of likely N-dealkylation sites (N-methyl/N-ethyl adjacent to an activating group) is 1. The molecule has 30 heavy (non-hydrogen) atoms. The molecule has 0 unspecified atom stereocenters. The third-order valence-corrected chi connectivity index (χ3v) is 5.42. The molecule has 1 aliphatic rings. The van der Waals surface area contributed by atoms with Crippen molar-refractivity contribution in [1.29, 1.82) is 5.26 Å². The molecule has 0 bridgehead atoms. The Morgan fingerprint density at radius 1 is 1.33 bits per heavy atom. The minimum Gasteiger partial charge on any atom is -0.497 e. The number of quaternary nitrogens is 1. The molecule has 7 nitrogen and oxygen atoms in total. The fourth-order valence-corrected chi connectivity index (χ4v) is 3.70. The van der Waals surface area contributed by atoms with Gasteiger partial charge < -0.3 is 19.4 Å². The van der Waals surface area contributed by atoms with Crippen LogP contribution in [0.15, 0.2) is 42.5 Å². The number of pyridine rings is 1. The number of anilines is 1. The fraction of sp³-hybridized carbons (Fsp3) is 0.435. The van der Waals surface area contributed by atoms with Crippen molar-refractivity contribution >= 4 is 11.7 Å². The summed E-state index contributed by atoms with van der Waals surface area (Å²) in [5, 5.41) is 12.6. The third kappa shape index (κ3) is 5.49. The molecular weight excluding hydrogens is 378 g/mol. The lowest BCUT2D eigenvalue weighted by Crippen LogP contribution is -2.51. The second-order valence-electron chi connectivity index (χ2n) is 8.26. The number of benzene rings is 1. The summed E-state index contributed by atoms with van der Waals surface area (Å²) in [5.41, 5.74) is 1.87. The van der Waals surface area contributed by atoms with E-state index >= 15 is 0 Å². The average molecular weight is 409 g/mol. The molecule has 1 aromatic heterocycles. The average Bonchev–Trinajstić information content (AvgIpc) is 3.23. The van der Waals surface area contributed by atoms with Crippen molar-refractivity contribution in [2.24, 2.45) is 0 Å². The van der Waals surface area contributed by atoms with Crippen molar-refractivity contribution in [2.45, 2.75) is 18.9 Å². The topological polar surface area (TPSA) is 78.2 Å². The summed E-state index contributed by atoms with van der Waals surface area (Å²) in [7, 11) is 5.73. The molecule has 0 saturated carbocycles. The maximum Gasteiger partial charge on any atom is 0.278 e. The Hall–Kier alpha value is -3.11. The van der Waals surface area contributed by atoms with Gasteiger partial charge in [0.05, 0.1) is 46.1 Å². The number of nitriles is 1. The summed E-state index contributed by atoms with van der Waals surface area (Å²) < 4.78 is 5.85. The van der Waals surface area contributed by atoms with Crippen molar-refractivity contribution < 1.29 is 14.0 Å². The summed E-state index contributed by atoms with van der Waals surface area (Å²) >= 11 is 0. The number of nitrogens with one attached hydrogen (secondary N) is 1. The van der Waals surface area contributed by atoms with E-state index in [-0.39, 0.29) is 11.9 Å². The largest absolute Gasteiger partial charge is 0.497 e. The van der Waals surface area contributed by atoms with Crippen LogP contribution in [0.3, 0.4) is 0 Å². The number of nitrogens with zero attached hydrogens (tertiary/aromatic N) is 4. The molecule has 1 N–H and O–H groups in total. The highest BCUT2D eigenvalue weighted by Gasteiger charge is 2.32. The number of aromatic nitrogens is 1. The summed E-state index contributed by atoms with van der Waals surface area (Å²) in [6, 6.07) is 15.7. The monoisotopic (exact) mass is 408 g/mol. The van der Waals surface area contributed by atoms with Gasteiger partial charge in [0.25, 0.3) is 5.91 Å². The SMILES string of the molecule is COc1cccc(-c2cccc(NCC[N+](C)(C)CC(=O)N3CCC[C@H]3C#N)n2)c1. The van der Waals surface area contributed by atoms with Crippen LogP contribution in [0.2, 0.25) is 0 Å². The highest BCUT2D eigenvalue weighted by atomic mass is 16.5. The van der Waals surface area contributed by atoms with Crippen LogP contribution in [0.25, 0.3) is 11.3 Å². The number of ether oxygens (including phenoxy) is 1. The van der Waals surface area contributed by atoms with Gasteiger partial charge in [0.2, 0.25) is 0 Å². The smallest absolute Gasteiger partial charge is 0.278 e.